The second-order valence-corrected chi connectivity index (χ2v) is 7.67. The topological polar surface area (TPSA) is 87.8 Å². The van der Waals surface area contributed by atoms with Gasteiger partial charge in [0.2, 0.25) is 0 Å². The number of aryl methyl sites for hydroxylation is 2. The fourth-order valence-corrected chi connectivity index (χ4v) is 4.53. The fraction of sp³-hybridized carbons (Fsp3) is 0.300. The van der Waals surface area contributed by atoms with Crippen molar-refractivity contribution in [2.45, 2.75) is 39.2 Å². The first-order valence-electron chi connectivity index (χ1n) is 8.93. The summed E-state index contributed by atoms with van der Waals surface area (Å²) in [6.07, 6.45) is 3.92. The second kappa shape index (κ2) is 6.97. The lowest BCUT2D eigenvalue weighted by molar-refractivity contribution is 0.103. The van der Waals surface area contributed by atoms with Gasteiger partial charge in [-0.15, -0.1) is 11.3 Å². The van der Waals surface area contributed by atoms with E-state index >= 15 is 0 Å². The maximum atomic E-state index is 13.0. The lowest BCUT2D eigenvalue weighted by Gasteiger charge is -2.08. The van der Waals surface area contributed by atoms with Crippen LogP contribution in [0.1, 0.15) is 45.9 Å². The van der Waals surface area contributed by atoms with Crippen LogP contribution >= 0.6 is 11.3 Å². The van der Waals surface area contributed by atoms with Gasteiger partial charge in [0.05, 0.1) is 21.9 Å². The minimum atomic E-state index is -0.264. The first kappa shape index (κ1) is 17.4. The smallest absolute Gasteiger partial charge is 0.266 e. The quantitative estimate of drug-likeness (QED) is 0.738. The highest BCUT2D eigenvalue weighted by atomic mass is 32.1. The number of hydrogen-bond donors (Lipinski definition) is 1. The molecule has 0 saturated carbocycles. The van der Waals surface area contributed by atoms with Gasteiger partial charge in [0, 0.05) is 18.7 Å². The highest BCUT2D eigenvalue weighted by Gasteiger charge is 2.22. The summed E-state index contributed by atoms with van der Waals surface area (Å²) in [4.78, 5) is 31.6. The van der Waals surface area contributed by atoms with Gasteiger partial charge in [-0.2, -0.15) is 5.26 Å². The Bertz CT molecular complexity index is 1140. The van der Waals surface area contributed by atoms with Gasteiger partial charge < -0.3 is 5.32 Å². The zero-order valence-electron chi connectivity index (χ0n) is 14.9. The fourth-order valence-electron chi connectivity index (χ4n) is 3.44. The Labute approximate surface area is 160 Å². The van der Waals surface area contributed by atoms with Crippen LogP contribution in [0.25, 0.3) is 10.2 Å². The average Bonchev–Trinajstić information content (AvgIpc) is 2.84. The van der Waals surface area contributed by atoms with Crippen LogP contribution in [-0.4, -0.2) is 15.5 Å². The summed E-state index contributed by atoms with van der Waals surface area (Å²) in [6, 6.07) is 8.73. The second-order valence-electron chi connectivity index (χ2n) is 6.68. The van der Waals surface area contributed by atoms with E-state index in [9.17, 15) is 9.59 Å². The molecule has 1 aliphatic rings. The summed E-state index contributed by atoms with van der Waals surface area (Å²) in [5.74, 6) is 0.560. The third kappa shape index (κ3) is 3.13. The molecule has 0 fully saturated rings. The number of thiophene rings is 1. The molecule has 0 unspecified atom stereocenters. The summed E-state index contributed by atoms with van der Waals surface area (Å²) < 4.78 is 1.78. The number of nitriles is 1. The van der Waals surface area contributed by atoms with Crippen molar-refractivity contribution < 1.29 is 4.79 Å². The highest BCUT2D eigenvalue weighted by molar-refractivity contribution is 7.20. The molecule has 0 saturated heterocycles. The Hall–Kier alpha value is -2.98. The molecule has 0 aliphatic carbocycles. The summed E-state index contributed by atoms with van der Waals surface area (Å²) >= 11 is 1.26. The molecule has 2 aromatic heterocycles. The lowest BCUT2D eigenvalue weighted by Crippen LogP contribution is -2.24. The normalized spacial score (nSPS) is 13.6. The molecule has 0 atom stereocenters. The number of anilines is 1. The van der Waals surface area contributed by atoms with Crippen molar-refractivity contribution >= 4 is 33.1 Å². The molecule has 7 heteroatoms. The molecule has 1 aliphatic heterocycles. The Kier molecular flexibility index (Phi) is 4.50. The maximum Gasteiger partial charge on any atom is 0.266 e. The van der Waals surface area contributed by atoms with Gasteiger partial charge in [-0.05, 0) is 49.6 Å². The predicted molar refractivity (Wildman–Crippen MR) is 105 cm³/mol. The standard InChI is InChI=1S/C20H18N4O2S/c1-12-16-19(23-15-5-3-2-4-10-24(15)20(16)26)27-17(12)18(25)22-14-8-6-13(11-21)7-9-14/h6-9H,2-5,10H2,1H3,(H,22,25). The van der Waals surface area contributed by atoms with Crippen LogP contribution < -0.4 is 10.9 Å². The van der Waals surface area contributed by atoms with E-state index in [2.05, 4.69) is 5.32 Å². The van der Waals surface area contributed by atoms with E-state index in [1.165, 1.54) is 11.3 Å². The molecule has 3 aromatic rings. The molecular formula is C20H18N4O2S. The molecule has 4 rings (SSSR count). The summed E-state index contributed by atoms with van der Waals surface area (Å²) in [6.45, 7) is 2.50. The SMILES string of the molecule is Cc1c(C(=O)Nc2ccc(C#N)cc2)sc2nc3n(c(=O)c12)CCCCC3. The zero-order valence-corrected chi connectivity index (χ0v) is 15.7. The predicted octanol–water partition coefficient (Wildman–Crippen LogP) is 3.62. The molecule has 3 heterocycles. The van der Waals surface area contributed by atoms with E-state index in [0.717, 1.165) is 31.5 Å². The van der Waals surface area contributed by atoms with E-state index in [1.54, 1.807) is 35.8 Å². The monoisotopic (exact) mass is 378 g/mol. The van der Waals surface area contributed by atoms with E-state index in [1.807, 2.05) is 6.07 Å². The van der Waals surface area contributed by atoms with E-state index in [0.29, 0.717) is 38.5 Å². The van der Waals surface area contributed by atoms with Crippen molar-refractivity contribution in [2.24, 2.45) is 0 Å². The number of benzene rings is 1. The van der Waals surface area contributed by atoms with Crippen LogP contribution in [-0.2, 0) is 13.0 Å². The Morgan fingerprint density at radius 2 is 2.04 bits per heavy atom. The van der Waals surface area contributed by atoms with Gasteiger partial charge in [0.15, 0.2) is 0 Å². The molecule has 0 bridgehead atoms. The summed E-state index contributed by atoms with van der Waals surface area (Å²) in [5.41, 5.74) is 1.78. The number of carbonyl (C=O) groups excluding carboxylic acids is 1. The number of carbonyl (C=O) groups is 1. The van der Waals surface area contributed by atoms with Gasteiger partial charge >= 0.3 is 0 Å². The van der Waals surface area contributed by atoms with Gasteiger partial charge in [0.1, 0.15) is 10.7 Å². The first-order valence-corrected chi connectivity index (χ1v) is 9.74. The number of nitrogens with one attached hydrogen (secondary N) is 1. The van der Waals surface area contributed by atoms with Gasteiger partial charge in [-0.3, -0.25) is 14.2 Å². The number of nitrogens with zero attached hydrogens (tertiary/aromatic N) is 3. The molecule has 27 heavy (non-hydrogen) atoms. The van der Waals surface area contributed by atoms with Gasteiger partial charge in [0.25, 0.3) is 11.5 Å². The highest BCUT2D eigenvalue weighted by Crippen LogP contribution is 2.29. The third-order valence-electron chi connectivity index (χ3n) is 4.89. The molecule has 1 N–H and O–H groups in total. The Morgan fingerprint density at radius 3 is 2.78 bits per heavy atom. The van der Waals surface area contributed by atoms with Crippen LogP contribution in [0, 0.1) is 18.3 Å². The molecule has 136 valence electrons. The number of aromatic nitrogens is 2. The molecule has 1 amide bonds. The van der Waals surface area contributed by atoms with Crippen molar-refractivity contribution in [3.05, 3.63) is 56.4 Å². The van der Waals surface area contributed by atoms with Crippen molar-refractivity contribution in [1.29, 1.82) is 5.26 Å². The first-order chi connectivity index (χ1) is 13.1. The third-order valence-corrected chi connectivity index (χ3v) is 6.07. The van der Waals surface area contributed by atoms with E-state index in [-0.39, 0.29) is 11.5 Å². The largest absolute Gasteiger partial charge is 0.321 e. The molecular weight excluding hydrogens is 360 g/mol. The average molecular weight is 378 g/mol. The minimum Gasteiger partial charge on any atom is -0.321 e. The molecule has 0 radical (unpaired) electrons. The molecule has 0 spiro atoms. The number of hydrogen-bond acceptors (Lipinski definition) is 5. The number of rotatable bonds is 2. The summed E-state index contributed by atoms with van der Waals surface area (Å²) in [7, 11) is 0. The van der Waals surface area contributed by atoms with Crippen molar-refractivity contribution in [1.82, 2.24) is 9.55 Å². The number of amides is 1. The van der Waals surface area contributed by atoms with Crippen LogP contribution in [0.15, 0.2) is 29.1 Å². The minimum absolute atomic E-state index is 0.0388. The van der Waals surface area contributed by atoms with Crippen molar-refractivity contribution in [3.8, 4) is 6.07 Å². The van der Waals surface area contributed by atoms with Crippen LogP contribution in [0.3, 0.4) is 0 Å². The van der Waals surface area contributed by atoms with E-state index in [4.69, 9.17) is 10.2 Å². The summed E-state index contributed by atoms with van der Waals surface area (Å²) in [5, 5.41) is 12.3. The van der Waals surface area contributed by atoms with Gasteiger partial charge in [-0.1, -0.05) is 6.42 Å². The Morgan fingerprint density at radius 1 is 1.26 bits per heavy atom. The van der Waals surface area contributed by atoms with Crippen LogP contribution in [0.2, 0.25) is 0 Å². The van der Waals surface area contributed by atoms with Crippen molar-refractivity contribution in [3.63, 3.8) is 0 Å². The molecule has 6 nitrogen and oxygen atoms in total. The van der Waals surface area contributed by atoms with Crippen molar-refractivity contribution in [2.75, 3.05) is 5.32 Å². The lowest BCUT2D eigenvalue weighted by atomic mass is 10.2. The number of fused-ring (bicyclic) bond motifs is 2. The van der Waals surface area contributed by atoms with E-state index < -0.39 is 0 Å². The molecule has 1 aromatic carbocycles. The maximum absolute atomic E-state index is 13.0. The Balaban J connectivity index is 1.73. The van der Waals surface area contributed by atoms with Gasteiger partial charge in [-0.25, -0.2) is 4.98 Å². The zero-order chi connectivity index (χ0) is 19.0. The van der Waals surface area contributed by atoms with Crippen LogP contribution in [0.5, 0.6) is 0 Å². The van der Waals surface area contributed by atoms with Crippen LogP contribution in [0.4, 0.5) is 5.69 Å².